The van der Waals surface area contributed by atoms with Crippen LogP contribution in [0.5, 0.6) is 5.75 Å². The zero-order valence-electron chi connectivity index (χ0n) is 15.1. The number of ketones is 1. The molecule has 28 heavy (non-hydrogen) atoms. The molecule has 0 aliphatic carbocycles. The van der Waals surface area contributed by atoms with Crippen molar-refractivity contribution in [3.63, 3.8) is 0 Å². The Labute approximate surface area is 166 Å². The number of rotatable bonds is 5. The number of carbonyl (C=O) groups is 2. The number of benzene rings is 2. The number of hydrogen-bond acceptors (Lipinski definition) is 4. The van der Waals surface area contributed by atoms with E-state index in [1.165, 1.54) is 47.2 Å². The van der Waals surface area contributed by atoms with Crippen molar-refractivity contribution in [2.24, 2.45) is 7.05 Å². The van der Waals surface area contributed by atoms with Gasteiger partial charge in [0, 0.05) is 29.8 Å². The number of halogens is 2. The van der Waals surface area contributed by atoms with Crippen molar-refractivity contribution >= 4 is 29.4 Å². The predicted octanol–water partition coefficient (Wildman–Crippen LogP) is 4.37. The first-order chi connectivity index (χ1) is 13.3. The van der Waals surface area contributed by atoms with Crippen LogP contribution < -0.4 is 4.74 Å². The third kappa shape index (κ3) is 4.35. The van der Waals surface area contributed by atoms with Crippen LogP contribution in [0, 0.1) is 12.7 Å². The van der Waals surface area contributed by atoms with Crippen molar-refractivity contribution < 1.29 is 18.7 Å². The molecule has 0 aliphatic heterocycles. The summed E-state index contributed by atoms with van der Waals surface area (Å²) in [5, 5.41) is 4.58. The van der Waals surface area contributed by atoms with Crippen LogP contribution in [0.3, 0.4) is 0 Å². The van der Waals surface area contributed by atoms with Gasteiger partial charge in [-0.3, -0.25) is 9.48 Å². The molecular formula is C21H16ClFN2O3. The van der Waals surface area contributed by atoms with Crippen molar-refractivity contribution in [3.05, 3.63) is 88.0 Å². The second kappa shape index (κ2) is 8.19. The van der Waals surface area contributed by atoms with E-state index in [-0.39, 0.29) is 5.78 Å². The van der Waals surface area contributed by atoms with E-state index in [2.05, 4.69) is 5.10 Å². The molecule has 0 bridgehead atoms. The van der Waals surface area contributed by atoms with Crippen LogP contribution in [-0.4, -0.2) is 21.5 Å². The number of ether oxygens (including phenoxy) is 1. The zero-order valence-corrected chi connectivity index (χ0v) is 15.9. The molecule has 3 rings (SSSR count). The Hall–Kier alpha value is -3.25. The van der Waals surface area contributed by atoms with Crippen LogP contribution in [0.1, 0.15) is 27.2 Å². The molecule has 5 nitrogen and oxygen atoms in total. The number of hydrogen-bond donors (Lipinski definition) is 0. The lowest BCUT2D eigenvalue weighted by Crippen LogP contribution is -2.05. The number of esters is 1. The van der Waals surface area contributed by atoms with Gasteiger partial charge in [0.2, 0.25) is 0 Å². The monoisotopic (exact) mass is 398 g/mol. The lowest BCUT2D eigenvalue weighted by Gasteiger charge is -2.04. The summed E-state index contributed by atoms with van der Waals surface area (Å²) in [5.41, 5.74) is 2.11. The van der Waals surface area contributed by atoms with Crippen molar-refractivity contribution in [2.75, 3.05) is 0 Å². The maximum Gasteiger partial charge on any atom is 0.336 e. The Morgan fingerprint density at radius 2 is 1.64 bits per heavy atom. The molecule has 0 fully saturated rings. The molecule has 7 heteroatoms. The topological polar surface area (TPSA) is 61.2 Å². The van der Waals surface area contributed by atoms with Crippen LogP contribution in [0.25, 0.3) is 6.08 Å². The van der Waals surface area contributed by atoms with Gasteiger partial charge in [-0.15, -0.1) is 0 Å². The minimum atomic E-state index is -0.586. The lowest BCUT2D eigenvalue weighted by molar-refractivity contribution is -0.128. The molecule has 3 aromatic rings. The van der Waals surface area contributed by atoms with Gasteiger partial charge in [0.15, 0.2) is 5.78 Å². The minimum Gasteiger partial charge on any atom is -0.423 e. The van der Waals surface area contributed by atoms with Gasteiger partial charge in [0.05, 0.1) is 5.69 Å². The summed E-state index contributed by atoms with van der Waals surface area (Å²) >= 11 is 6.11. The maximum atomic E-state index is 13.0. The fourth-order valence-corrected chi connectivity index (χ4v) is 2.82. The summed E-state index contributed by atoms with van der Waals surface area (Å²) in [6, 6.07) is 11.4. The lowest BCUT2D eigenvalue weighted by atomic mass is 10.0. The molecule has 142 valence electrons. The summed E-state index contributed by atoms with van der Waals surface area (Å²) in [6.07, 6.45) is 2.80. The first kappa shape index (κ1) is 19.5. The molecule has 0 saturated heterocycles. The van der Waals surface area contributed by atoms with Gasteiger partial charge in [-0.25, -0.2) is 9.18 Å². The summed E-state index contributed by atoms with van der Waals surface area (Å²) < 4.78 is 19.7. The largest absolute Gasteiger partial charge is 0.423 e. The molecular weight excluding hydrogens is 383 g/mol. The van der Waals surface area contributed by atoms with E-state index < -0.39 is 11.8 Å². The van der Waals surface area contributed by atoms with Crippen molar-refractivity contribution in [3.8, 4) is 5.75 Å². The van der Waals surface area contributed by atoms with Crippen molar-refractivity contribution in [1.82, 2.24) is 9.78 Å². The molecule has 0 saturated carbocycles. The van der Waals surface area contributed by atoms with E-state index in [1.807, 2.05) is 0 Å². The Bertz CT molecular complexity index is 1050. The quantitative estimate of drug-likeness (QED) is 0.277. The summed E-state index contributed by atoms with van der Waals surface area (Å²) in [6.45, 7) is 1.79. The number of aromatic nitrogens is 2. The van der Waals surface area contributed by atoms with Crippen LogP contribution in [-0.2, 0) is 11.8 Å². The molecule has 0 spiro atoms. The molecule has 0 unspecified atom stereocenters. The standard InChI is InChI=1S/C21H16ClFN2O3/c1-13-18(21(22)25(2)24-13)11-12-19(26)28-17-9-5-15(6-10-17)20(27)14-3-7-16(23)8-4-14/h3-12H,1-2H3/b12-11+. The second-order valence-corrected chi connectivity index (χ2v) is 6.39. The molecule has 0 aliphatic rings. The molecule has 2 aromatic carbocycles. The number of carbonyl (C=O) groups excluding carboxylic acids is 2. The second-order valence-electron chi connectivity index (χ2n) is 6.03. The Balaban J connectivity index is 1.66. The van der Waals surface area contributed by atoms with Gasteiger partial charge in [-0.2, -0.15) is 5.10 Å². The first-order valence-corrected chi connectivity index (χ1v) is 8.72. The molecule has 1 aromatic heterocycles. The molecule has 0 N–H and O–H groups in total. The summed E-state index contributed by atoms with van der Waals surface area (Å²) in [5.74, 6) is -0.953. The third-order valence-corrected chi connectivity index (χ3v) is 4.47. The van der Waals surface area contributed by atoms with Crippen molar-refractivity contribution in [2.45, 2.75) is 6.92 Å². The fraction of sp³-hybridized carbons (Fsp3) is 0.0952. The predicted molar refractivity (Wildman–Crippen MR) is 104 cm³/mol. The van der Waals surface area contributed by atoms with Crippen LogP contribution in [0.4, 0.5) is 4.39 Å². The highest BCUT2D eigenvalue weighted by atomic mass is 35.5. The third-order valence-electron chi connectivity index (χ3n) is 4.02. The van der Waals surface area contributed by atoms with E-state index in [4.69, 9.17) is 16.3 Å². The van der Waals surface area contributed by atoms with Crippen LogP contribution in [0.2, 0.25) is 5.15 Å². The highest BCUT2D eigenvalue weighted by Gasteiger charge is 2.11. The average Bonchev–Trinajstić information content (AvgIpc) is 2.92. The van der Waals surface area contributed by atoms with Crippen molar-refractivity contribution in [1.29, 1.82) is 0 Å². The van der Waals surface area contributed by atoms with E-state index in [0.717, 1.165) is 0 Å². The number of aryl methyl sites for hydroxylation is 2. The van der Waals surface area contributed by atoms with Gasteiger partial charge in [-0.1, -0.05) is 11.6 Å². The van der Waals surface area contributed by atoms with Gasteiger partial charge < -0.3 is 4.74 Å². The smallest absolute Gasteiger partial charge is 0.336 e. The Morgan fingerprint density at radius 1 is 1.07 bits per heavy atom. The minimum absolute atomic E-state index is 0.250. The van der Waals surface area contributed by atoms with E-state index >= 15 is 0 Å². The molecule has 0 amide bonds. The molecule has 0 atom stereocenters. The van der Waals surface area contributed by atoms with Crippen LogP contribution in [0.15, 0.2) is 54.6 Å². The van der Waals surface area contributed by atoms with Crippen LogP contribution >= 0.6 is 11.6 Å². The van der Waals surface area contributed by atoms with Gasteiger partial charge >= 0.3 is 5.97 Å². The SMILES string of the molecule is Cc1nn(C)c(Cl)c1/C=C/C(=O)Oc1ccc(C(=O)c2ccc(F)cc2)cc1. The maximum absolute atomic E-state index is 13.0. The van der Waals surface area contributed by atoms with E-state index in [1.54, 1.807) is 32.2 Å². The number of nitrogens with zero attached hydrogens (tertiary/aromatic N) is 2. The average molecular weight is 399 g/mol. The first-order valence-electron chi connectivity index (χ1n) is 8.34. The van der Waals surface area contributed by atoms with Gasteiger partial charge in [0.1, 0.15) is 16.7 Å². The zero-order chi connectivity index (χ0) is 20.3. The summed E-state index contributed by atoms with van der Waals surface area (Å²) in [7, 11) is 1.71. The Morgan fingerprint density at radius 3 is 2.18 bits per heavy atom. The molecule has 0 radical (unpaired) electrons. The highest BCUT2D eigenvalue weighted by molar-refractivity contribution is 6.31. The normalized spacial score (nSPS) is 11.0. The van der Waals surface area contributed by atoms with E-state index in [0.29, 0.717) is 33.3 Å². The summed E-state index contributed by atoms with van der Waals surface area (Å²) in [4.78, 5) is 24.4. The van der Waals surface area contributed by atoms with Gasteiger partial charge in [0.25, 0.3) is 0 Å². The van der Waals surface area contributed by atoms with Gasteiger partial charge in [-0.05, 0) is 61.5 Å². The molecule has 1 heterocycles. The Kier molecular flexibility index (Phi) is 5.70. The van der Waals surface area contributed by atoms with E-state index in [9.17, 15) is 14.0 Å². The fourth-order valence-electron chi connectivity index (χ4n) is 2.58. The highest BCUT2D eigenvalue weighted by Crippen LogP contribution is 2.20.